The maximum absolute atomic E-state index is 9.58. The molecule has 66 valence electrons. The molecule has 0 fully saturated rings. The smallest absolute Gasteiger partial charge is 0.0982 e. The Morgan fingerprint density at radius 3 is 2.50 bits per heavy atom. The van der Waals surface area contributed by atoms with E-state index < -0.39 is 6.10 Å². The third-order valence-corrected chi connectivity index (χ3v) is 1.91. The third kappa shape index (κ3) is 2.19. The van der Waals surface area contributed by atoms with Gasteiger partial charge in [0.05, 0.1) is 16.8 Å². The van der Waals surface area contributed by atoms with E-state index in [9.17, 15) is 5.11 Å². The van der Waals surface area contributed by atoms with E-state index in [1.165, 1.54) is 0 Å². The Bertz CT molecular complexity index is 245. The summed E-state index contributed by atoms with van der Waals surface area (Å²) in [4.78, 5) is 4.02. The maximum Gasteiger partial charge on any atom is 0.0982 e. The standard InChI is InChI=1S/C9H12ClNO/c1-6(2)9(12)8-4-3-7(10)5-11-8/h3-6,9,12H,1-2H3. The number of pyridine rings is 1. The van der Waals surface area contributed by atoms with Crippen LogP contribution in [0, 0.1) is 5.92 Å². The lowest BCUT2D eigenvalue weighted by Crippen LogP contribution is -2.06. The van der Waals surface area contributed by atoms with Crippen LogP contribution in [-0.2, 0) is 0 Å². The van der Waals surface area contributed by atoms with E-state index >= 15 is 0 Å². The molecule has 0 saturated carbocycles. The first-order valence-corrected chi connectivity index (χ1v) is 4.28. The molecule has 1 heterocycles. The van der Waals surface area contributed by atoms with E-state index in [2.05, 4.69) is 4.98 Å². The molecule has 1 aromatic heterocycles. The van der Waals surface area contributed by atoms with Gasteiger partial charge in [0.2, 0.25) is 0 Å². The molecule has 0 amide bonds. The summed E-state index contributed by atoms with van der Waals surface area (Å²) in [6, 6.07) is 3.47. The number of halogens is 1. The average Bonchev–Trinajstić information content (AvgIpc) is 2.04. The molecule has 1 rings (SSSR count). The van der Waals surface area contributed by atoms with Crippen LogP contribution in [0.3, 0.4) is 0 Å². The molecule has 1 N–H and O–H groups in total. The lowest BCUT2D eigenvalue weighted by Gasteiger charge is -2.12. The molecule has 1 aromatic rings. The predicted molar refractivity (Wildman–Crippen MR) is 49.0 cm³/mol. The van der Waals surface area contributed by atoms with Gasteiger partial charge < -0.3 is 5.11 Å². The molecule has 0 spiro atoms. The van der Waals surface area contributed by atoms with Crippen molar-refractivity contribution < 1.29 is 5.11 Å². The first-order valence-electron chi connectivity index (χ1n) is 3.91. The number of rotatable bonds is 2. The SMILES string of the molecule is CC(C)C(O)c1ccc(Cl)cn1. The molecule has 12 heavy (non-hydrogen) atoms. The molecule has 2 nitrogen and oxygen atoms in total. The third-order valence-electron chi connectivity index (χ3n) is 1.68. The fourth-order valence-corrected chi connectivity index (χ4v) is 1.02. The highest BCUT2D eigenvalue weighted by atomic mass is 35.5. The van der Waals surface area contributed by atoms with Gasteiger partial charge in [-0.3, -0.25) is 4.98 Å². The summed E-state index contributed by atoms with van der Waals surface area (Å²) in [5.41, 5.74) is 0.675. The number of hydrogen-bond acceptors (Lipinski definition) is 2. The summed E-state index contributed by atoms with van der Waals surface area (Å²) in [5, 5.41) is 10.2. The Labute approximate surface area is 77.2 Å². The number of nitrogens with zero attached hydrogens (tertiary/aromatic N) is 1. The lowest BCUT2D eigenvalue weighted by atomic mass is 10.0. The topological polar surface area (TPSA) is 33.1 Å². The van der Waals surface area contributed by atoms with Crippen molar-refractivity contribution >= 4 is 11.6 Å². The van der Waals surface area contributed by atoms with Crippen molar-refractivity contribution in [1.29, 1.82) is 0 Å². The molecule has 0 aliphatic heterocycles. The molecule has 0 bridgehead atoms. The highest BCUT2D eigenvalue weighted by Crippen LogP contribution is 2.19. The second-order valence-corrected chi connectivity index (χ2v) is 3.53. The highest BCUT2D eigenvalue weighted by molar-refractivity contribution is 6.30. The van der Waals surface area contributed by atoms with Crippen LogP contribution < -0.4 is 0 Å². The lowest BCUT2D eigenvalue weighted by molar-refractivity contribution is 0.122. The molecular formula is C9H12ClNO. The van der Waals surface area contributed by atoms with Crippen LogP contribution in [0.15, 0.2) is 18.3 Å². The molecule has 0 saturated heterocycles. The van der Waals surface area contributed by atoms with E-state index in [1.807, 2.05) is 13.8 Å². The molecule has 3 heteroatoms. The zero-order chi connectivity index (χ0) is 9.14. The monoisotopic (exact) mass is 185 g/mol. The number of aliphatic hydroxyl groups is 1. The molecular weight excluding hydrogens is 174 g/mol. The average molecular weight is 186 g/mol. The van der Waals surface area contributed by atoms with E-state index in [4.69, 9.17) is 11.6 Å². The van der Waals surface area contributed by atoms with Crippen LogP contribution >= 0.6 is 11.6 Å². The van der Waals surface area contributed by atoms with E-state index in [-0.39, 0.29) is 5.92 Å². The molecule has 0 aliphatic carbocycles. The van der Waals surface area contributed by atoms with Gasteiger partial charge in [-0.1, -0.05) is 25.4 Å². The quantitative estimate of drug-likeness (QED) is 0.768. The minimum atomic E-state index is -0.498. The van der Waals surface area contributed by atoms with E-state index in [0.29, 0.717) is 10.7 Å². The predicted octanol–water partition coefficient (Wildman–Crippen LogP) is 2.42. The molecule has 1 unspecified atom stereocenters. The van der Waals surface area contributed by atoms with Crippen molar-refractivity contribution in [2.45, 2.75) is 20.0 Å². The summed E-state index contributed by atoms with van der Waals surface area (Å²) in [5.74, 6) is 0.179. The van der Waals surface area contributed by atoms with Crippen molar-refractivity contribution in [3.05, 3.63) is 29.0 Å². The van der Waals surface area contributed by atoms with Crippen LogP contribution in [0.4, 0.5) is 0 Å². The van der Waals surface area contributed by atoms with Crippen LogP contribution in [0.2, 0.25) is 5.02 Å². The molecule has 0 aromatic carbocycles. The minimum Gasteiger partial charge on any atom is -0.387 e. The summed E-state index contributed by atoms with van der Waals surface area (Å²) >= 11 is 5.65. The van der Waals surface area contributed by atoms with Gasteiger partial charge in [-0.15, -0.1) is 0 Å². The fraction of sp³-hybridized carbons (Fsp3) is 0.444. The zero-order valence-corrected chi connectivity index (χ0v) is 7.92. The second-order valence-electron chi connectivity index (χ2n) is 3.09. The Balaban J connectivity index is 2.82. The van der Waals surface area contributed by atoms with Gasteiger partial charge in [-0.25, -0.2) is 0 Å². The minimum absolute atomic E-state index is 0.179. The van der Waals surface area contributed by atoms with Crippen molar-refractivity contribution in [3.8, 4) is 0 Å². The van der Waals surface area contributed by atoms with E-state index in [0.717, 1.165) is 0 Å². The van der Waals surface area contributed by atoms with Crippen LogP contribution in [0.1, 0.15) is 25.6 Å². The van der Waals surface area contributed by atoms with Crippen molar-refractivity contribution in [2.75, 3.05) is 0 Å². The van der Waals surface area contributed by atoms with Crippen LogP contribution in [0.25, 0.3) is 0 Å². The summed E-state index contributed by atoms with van der Waals surface area (Å²) < 4.78 is 0. The number of aromatic nitrogens is 1. The van der Waals surface area contributed by atoms with Gasteiger partial charge in [0.15, 0.2) is 0 Å². The fourth-order valence-electron chi connectivity index (χ4n) is 0.904. The van der Waals surface area contributed by atoms with Gasteiger partial charge >= 0.3 is 0 Å². The van der Waals surface area contributed by atoms with Crippen LogP contribution in [0.5, 0.6) is 0 Å². The largest absolute Gasteiger partial charge is 0.387 e. The Morgan fingerprint density at radius 2 is 2.08 bits per heavy atom. The van der Waals surface area contributed by atoms with Gasteiger partial charge in [-0.2, -0.15) is 0 Å². The highest BCUT2D eigenvalue weighted by Gasteiger charge is 2.12. The first kappa shape index (κ1) is 9.49. The van der Waals surface area contributed by atoms with Crippen molar-refractivity contribution in [2.24, 2.45) is 5.92 Å². The van der Waals surface area contributed by atoms with Crippen molar-refractivity contribution in [3.63, 3.8) is 0 Å². The summed E-state index contributed by atoms with van der Waals surface area (Å²) in [6.07, 6.45) is 1.05. The van der Waals surface area contributed by atoms with Gasteiger partial charge in [0.1, 0.15) is 0 Å². The normalized spacial score (nSPS) is 13.4. The summed E-state index contributed by atoms with van der Waals surface area (Å²) in [7, 11) is 0. The molecule has 0 aliphatic rings. The Morgan fingerprint density at radius 1 is 1.42 bits per heavy atom. The number of hydrogen-bond donors (Lipinski definition) is 1. The number of aliphatic hydroxyl groups excluding tert-OH is 1. The van der Waals surface area contributed by atoms with E-state index in [1.54, 1.807) is 18.3 Å². The van der Waals surface area contributed by atoms with Gasteiger partial charge in [0.25, 0.3) is 0 Å². The Kier molecular flexibility index (Phi) is 3.06. The molecule has 1 atom stereocenters. The zero-order valence-electron chi connectivity index (χ0n) is 7.16. The van der Waals surface area contributed by atoms with Gasteiger partial charge in [0, 0.05) is 6.20 Å². The Hall–Kier alpha value is -0.600. The second kappa shape index (κ2) is 3.87. The van der Waals surface area contributed by atoms with Crippen molar-refractivity contribution in [1.82, 2.24) is 4.98 Å². The first-order chi connectivity index (χ1) is 5.61. The van der Waals surface area contributed by atoms with Gasteiger partial charge in [-0.05, 0) is 18.1 Å². The maximum atomic E-state index is 9.58. The summed E-state index contributed by atoms with van der Waals surface area (Å²) in [6.45, 7) is 3.89. The van der Waals surface area contributed by atoms with Crippen LogP contribution in [-0.4, -0.2) is 10.1 Å². The molecule has 0 radical (unpaired) electrons.